The van der Waals surface area contributed by atoms with Gasteiger partial charge in [-0.05, 0) is 19.8 Å². The van der Waals surface area contributed by atoms with Crippen molar-refractivity contribution in [1.29, 1.82) is 0 Å². The van der Waals surface area contributed by atoms with Gasteiger partial charge < -0.3 is 15.7 Å². The normalized spacial score (nSPS) is 14.0. The van der Waals surface area contributed by atoms with Crippen molar-refractivity contribution in [2.45, 2.75) is 65.4 Å². The van der Waals surface area contributed by atoms with Crippen LogP contribution in [0.4, 0.5) is 11.6 Å². The molecule has 0 saturated carbocycles. The molecule has 0 aliphatic rings. The first-order valence-corrected chi connectivity index (χ1v) is 7.97. The number of hydrogen-bond acceptors (Lipinski definition) is 5. The molecule has 0 fully saturated rings. The summed E-state index contributed by atoms with van der Waals surface area (Å²) in [4.78, 5) is 9.06. The van der Waals surface area contributed by atoms with E-state index in [0.29, 0.717) is 6.54 Å². The second-order valence-electron chi connectivity index (χ2n) is 6.18. The van der Waals surface area contributed by atoms with E-state index in [1.54, 1.807) is 0 Å². The first-order chi connectivity index (χ1) is 9.88. The number of nitrogens with zero attached hydrogens (tertiary/aromatic N) is 2. The molecule has 0 radical (unpaired) electrons. The van der Waals surface area contributed by atoms with Gasteiger partial charge in [0.2, 0.25) is 0 Å². The quantitative estimate of drug-likeness (QED) is 0.651. The van der Waals surface area contributed by atoms with Crippen molar-refractivity contribution in [2.24, 2.45) is 0 Å². The molecule has 0 aliphatic heterocycles. The van der Waals surface area contributed by atoms with Crippen molar-refractivity contribution >= 4 is 11.6 Å². The summed E-state index contributed by atoms with van der Waals surface area (Å²) < 4.78 is 0. The van der Waals surface area contributed by atoms with E-state index < -0.39 is 5.60 Å². The third-order valence-corrected chi connectivity index (χ3v) is 3.25. The van der Waals surface area contributed by atoms with Crippen LogP contribution in [0.25, 0.3) is 0 Å². The van der Waals surface area contributed by atoms with E-state index in [4.69, 9.17) is 0 Å². The van der Waals surface area contributed by atoms with Crippen LogP contribution in [-0.4, -0.2) is 33.8 Å². The van der Waals surface area contributed by atoms with E-state index in [9.17, 15) is 5.11 Å². The van der Waals surface area contributed by atoms with Crippen LogP contribution in [0.1, 0.15) is 65.6 Å². The Bertz CT molecular complexity index is 432. The number of aromatic nitrogens is 2. The fraction of sp³-hybridized carbons (Fsp3) is 0.750. The monoisotopic (exact) mass is 294 g/mol. The van der Waals surface area contributed by atoms with Gasteiger partial charge in [-0.15, -0.1) is 0 Å². The maximum absolute atomic E-state index is 10.2. The Morgan fingerprint density at radius 1 is 1.14 bits per heavy atom. The highest BCUT2D eigenvalue weighted by atomic mass is 16.3. The van der Waals surface area contributed by atoms with E-state index in [2.05, 4.69) is 48.3 Å². The minimum absolute atomic E-state index is 0.269. The number of anilines is 2. The van der Waals surface area contributed by atoms with Gasteiger partial charge >= 0.3 is 0 Å². The maximum atomic E-state index is 10.2. The lowest BCUT2D eigenvalue weighted by Gasteiger charge is -2.23. The summed E-state index contributed by atoms with van der Waals surface area (Å²) in [5.74, 6) is 2.69. The average Bonchev–Trinajstić information content (AvgIpc) is 2.43. The topological polar surface area (TPSA) is 70.1 Å². The summed E-state index contributed by atoms with van der Waals surface area (Å²) in [7, 11) is 0. The molecule has 21 heavy (non-hydrogen) atoms. The lowest BCUT2D eigenvalue weighted by molar-refractivity contribution is 0.0636. The molecule has 0 bridgehead atoms. The van der Waals surface area contributed by atoms with Gasteiger partial charge in [-0.3, -0.25) is 0 Å². The van der Waals surface area contributed by atoms with E-state index in [-0.39, 0.29) is 5.92 Å². The van der Waals surface area contributed by atoms with Gasteiger partial charge in [0, 0.05) is 25.1 Å². The van der Waals surface area contributed by atoms with Gasteiger partial charge in [0.25, 0.3) is 0 Å². The van der Waals surface area contributed by atoms with Gasteiger partial charge in [0.15, 0.2) is 0 Å². The third-order valence-electron chi connectivity index (χ3n) is 3.25. The van der Waals surface area contributed by atoms with Crippen molar-refractivity contribution in [3.63, 3.8) is 0 Å². The van der Waals surface area contributed by atoms with E-state index in [1.165, 1.54) is 0 Å². The Morgan fingerprint density at radius 3 is 2.29 bits per heavy atom. The Kier molecular flexibility index (Phi) is 6.89. The highest BCUT2D eigenvalue weighted by molar-refractivity contribution is 5.48. The highest BCUT2D eigenvalue weighted by Crippen LogP contribution is 2.19. The van der Waals surface area contributed by atoms with Gasteiger partial charge in [-0.25, -0.2) is 9.97 Å². The minimum Gasteiger partial charge on any atom is -0.388 e. The lowest BCUT2D eigenvalue weighted by atomic mass is 10.0. The second kappa shape index (κ2) is 8.17. The molecular formula is C16H30N4O. The number of nitrogens with one attached hydrogen (secondary N) is 2. The van der Waals surface area contributed by atoms with Gasteiger partial charge in [0.05, 0.1) is 5.60 Å². The van der Waals surface area contributed by atoms with Crippen LogP contribution in [0.2, 0.25) is 0 Å². The van der Waals surface area contributed by atoms with Crippen molar-refractivity contribution in [3.05, 3.63) is 11.9 Å². The Balaban J connectivity index is 2.82. The fourth-order valence-corrected chi connectivity index (χ4v) is 2.07. The molecule has 1 aromatic rings. The zero-order valence-electron chi connectivity index (χ0n) is 14.0. The summed E-state index contributed by atoms with van der Waals surface area (Å²) >= 11 is 0. The summed E-state index contributed by atoms with van der Waals surface area (Å²) in [5.41, 5.74) is -0.714. The van der Waals surface area contributed by atoms with Crippen LogP contribution in [0, 0.1) is 0 Å². The zero-order chi connectivity index (χ0) is 15.9. The Labute approximate surface area is 128 Å². The number of hydrogen-bond donors (Lipinski definition) is 3. The van der Waals surface area contributed by atoms with Crippen molar-refractivity contribution in [3.8, 4) is 0 Å². The summed E-state index contributed by atoms with van der Waals surface area (Å²) in [6.45, 7) is 11.6. The van der Waals surface area contributed by atoms with Crippen LogP contribution < -0.4 is 10.6 Å². The van der Waals surface area contributed by atoms with E-state index in [0.717, 1.165) is 43.3 Å². The maximum Gasteiger partial charge on any atom is 0.135 e. The molecule has 5 heteroatoms. The van der Waals surface area contributed by atoms with E-state index in [1.807, 2.05) is 13.0 Å². The minimum atomic E-state index is -0.714. The summed E-state index contributed by atoms with van der Waals surface area (Å²) in [6.07, 6.45) is 2.77. The SMILES string of the molecule is CCCNc1cc(NCC(C)(O)CCC)nc(C(C)C)n1. The molecular weight excluding hydrogens is 264 g/mol. The first kappa shape index (κ1) is 17.7. The average molecular weight is 294 g/mol. The summed E-state index contributed by atoms with van der Waals surface area (Å²) in [6, 6.07) is 1.91. The second-order valence-corrected chi connectivity index (χ2v) is 6.18. The van der Waals surface area contributed by atoms with Crippen molar-refractivity contribution in [2.75, 3.05) is 23.7 Å². The molecule has 1 unspecified atom stereocenters. The molecule has 0 aliphatic carbocycles. The molecule has 1 heterocycles. The van der Waals surface area contributed by atoms with Gasteiger partial charge in [-0.1, -0.05) is 34.1 Å². The van der Waals surface area contributed by atoms with Gasteiger partial charge in [0.1, 0.15) is 17.5 Å². The van der Waals surface area contributed by atoms with E-state index >= 15 is 0 Å². The van der Waals surface area contributed by atoms with Crippen LogP contribution in [-0.2, 0) is 0 Å². The molecule has 1 aromatic heterocycles. The Morgan fingerprint density at radius 2 is 1.76 bits per heavy atom. The smallest absolute Gasteiger partial charge is 0.135 e. The third kappa shape index (κ3) is 6.29. The summed E-state index contributed by atoms with van der Waals surface area (Å²) in [5, 5.41) is 16.8. The molecule has 0 aromatic carbocycles. The molecule has 0 amide bonds. The molecule has 0 saturated heterocycles. The highest BCUT2D eigenvalue weighted by Gasteiger charge is 2.19. The van der Waals surface area contributed by atoms with Crippen LogP contribution in [0.3, 0.4) is 0 Å². The molecule has 1 rings (SSSR count). The fourth-order valence-electron chi connectivity index (χ4n) is 2.07. The molecule has 120 valence electrons. The van der Waals surface area contributed by atoms with Crippen LogP contribution >= 0.6 is 0 Å². The molecule has 3 N–H and O–H groups in total. The lowest BCUT2D eigenvalue weighted by Crippen LogP contribution is -2.33. The largest absolute Gasteiger partial charge is 0.388 e. The molecule has 5 nitrogen and oxygen atoms in total. The Hall–Kier alpha value is -1.36. The van der Waals surface area contributed by atoms with Crippen LogP contribution in [0.5, 0.6) is 0 Å². The van der Waals surface area contributed by atoms with Crippen molar-refractivity contribution in [1.82, 2.24) is 9.97 Å². The number of rotatable bonds is 9. The molecule has 0 spiro atoms. The predicted molar refractivity (Wildman–Crippen MR) is 88.9 cm³/mol. The van der Waals surface area contributed by atoms with Crippen molar-refractivity contribution < 1.29 is 5.11 Å². The standard InChI is InChI=1S/C16H30N4O/c1-6-8-16(5,21)11-18-14-10-13(17-9-7-2)19-15(20-14)12(3)4/h10,12,21H,6-9,11H2,1-5H3,(H2,17,18,19,20). The van der Waals surface area contributed by atoms with Gasteiger partial charge in [-0.2, -0.15) is 0 Å². The first-order valence-electron chi connectivity index (χ1n) is 7.97. The van der Waals surface area contributed by atoms with Crippen LogP contribution in [0.15, 0.2) is 6.07 Å². The predicted octanol–water partition coefficient (Wildman–Crippen LogP) is 3.38. The molecule has 1 atom stereocenters. The zero-order valence-corrected chi connectivity index (χ0v) is 14.0. The number of aliphatic hydroxyl groups is 1.